The number of carbonyl (C=O) groups is 1. The fourth-order valence-corrected chi connectivity index (χ4v) is 3.41. The number of hydrogen-bond donors (Lipinski definition) is 2. The first kappa shape index (κ1) is 15.5. The van der Waals surface area contributed by atoms with Gasteiger partial charge in [-0.25, -0.2) is 9.97 Å². The molecule has 0 bridgehead atoms. The number of nitrogens with zero attached hydrogens (tertiary/aromatic N) is 3. The van der Waals surface area contributed by atoms with Crippen LogP contribution in [-0.2, 0) is 0 Å². The summed E-state index contributed by atoms with van der Waals surface area (Å²) in [6, 6.07) is 5.48. The fraction of sp³-hybridized carbons (Fsp3) is 0.312. The Balaban J connectivity index is 1.58. The third kappa shape index (κ3) is 3.68. The normalized spacial score (nSPS) is 14.0. The first-order chi connectivity index (χ1) is 11.1. The summed E-state index contributed by atoms with van der Waals surface area (Å²) in [5.74, 6) is 0.181. The van der Waals surface area contributed by atoms with Crippen LogP contribution >= 0.6 is 11.3 Å². The van der Waals surface area contributed by atoms with E-state index in [0.29, 0.717) is 11.4 Å². The van der Waals surface area contributed by atoms with Gasteiger partial charge in [-0.2, -0.15) is 0 Å². The summed E-state index contributed by atoms with van der Waals surface area (Å²) in [5, 5.41) is 2.97. The molecule has 0 saturated carbocycles. The second-order valence-electron chi connectivity index (χ2n) is 5.38. The van der Waals surface area contributed by atoms with Gasteiger partial charge < -0.3 is 16.0 Å². The van der Waals surface area contributed by atoms with Crippen molar-refractivity contribution in [2.24, 2.45) is 0 Å². The molecule has 1 amide bonds. The van der Waals surface area contributed by atoms with Gasteiger partial charge in [-0.05, 0) is 24.6 Å². The van der Waals surface area contributed by atoms with E-state index in [-0.39, 0.29) is 11.9 Å². The Morgan fingerprint density at radius 1 is 1.43 bits per heavy atom. The van der Waals surface area contributed by atoms with Crippen LogP contribution in [0, 0.1) is 0 Å². The summed E-state index contributed by atoms with van der Waals surface area (Å²) in [5.41, 5.74) is 7.63. The number of anilines is 1. The summed E-state index contributed by atoms with van der Waals surface area (Å²) < 4.78 is 0. The van der Waals surface area contributed by atoms with Crippen molar-refractivity contribution >= 4 is 23.2 Å². The predicted molar refractivity (Wildman–Crippen MR) is 92.0 cm³/mol. The monoisotopic (exact) mass is 329 g/mol. The van der Waals surface area contributed by atoms with Crippen LogP contribution in [-0.4, -0.2) is 40.9 Å². The van der Waals surface area contributed by atoms with E-state index in [2.05, 4.69) is 33.3 Å². The van der Waals surface area contributed by atoms with Crippen LogP contribution in [0.4, 0.5) is 5.95 Å². The lowest BCUT2D eigenvalue weighted by Gasteiger charge is -2.16. The molecule has 23 heavy (non-hydrogen) atoms. The molecule has 0 atom stereocenters. The molecule has 3 heterocycles. The summed E-state index contributed by atoms with van der Waals surface area (Å²) in [6.07, 6.45) is 5.80. The smallest absolute Gasteiger partial charge is 0.261 e. The third-order valence-electron chi connectivity index (χ3n) is 3.76. The summed E-state index contributed by atoms with van der Waals surface area (Å²) in [4.78, 5) is 24.1. The number of nitrogens with one attached hydrogen (secondary N) is 1. The highest BCUT2D eigenvalue weighted by Crippen LogP contribution is 2.26. The highest BCUT2D eigenvalue weighted by atomic mass is 32.1. The average Bonchev–Trinajstić information content (AvgIpc) is 3.17. The first-order valence-electron chi connectivity index (χ1n) is 7.50. The fourth-order valence-electron chi connectivity index (χ4n) is 2.52. The second kappa shape index (κ2) is 6.78. The highest BCUT2D eigenvalue weighted by Gasteiger charge is 2.13. The SMILES string of the molecule is CN1CCC=C1CCNC(=O)c1ccc(-c2ccnc(N)n2)s1. The Hall–Kier alpha value is -2.41. The molecule has 120 valence electrons. The highest BCUT2D eigenvalue weighted by molar-refractivity contribution is 7.17. The van der Waals surface area contributed by atoms with Crippen molar-refractivity contribution < 1.29 is 4.79 Å². The number of carbonyl (C=O) groups excluding carboxylic acids is 1. The van der Waals surface area contributed by atoms with Crippen LogP contribution in [0.15, 0.2) is 36.2 Å². The molecule has 0 spiro atoms. The molecule has 0 fully saturated rings. The Kier molecular flexibility index (Phi) is 4.57. The zero-order valence-electron chi connectivity index (χ0n) is 13.0. The van der Waals surface area contributed by atoms with E-state index in [0.717, 1.165) is 30.0 Å². The van der Waals surface area contributed by atoms with Gasteiger partial charge in [0.15, 0.2) is 0 Å². The van der Waals surface area contributed by atoms with Crippen LogP contribution < -0.4 is 11.1 Å². The number of aromatic nitrogens is 2. The number of hydrogen-bond acceptors (Lipinski definition) is 6. The molecule has 0 aromatic carbocycles. The lowest BCUT2D eigenvalue weighted by Crippen LogP contribution is -2.25. The largest absolute Gasteiger partial charge is 0.378 e. The van der Waals surface area contributed by atoms with Gasteiger partial charge in [0.2, 0.25) is 5.95 Å². The maximum Gasteiger partial charge on any atom is 0.261 e. The maximum absolute atomic E-state index is 12.2. The molecule has 0 aliphatic carbocycles. The Bertz CT molecular complexity index is 740. The van der Waals surface area contributed by atoms with E-state index in [1.54, 1.807) is 12.3 Å². The lowest BCUT2D eigenvalue weighted by molar-refractivity contribution is 0.0957. The maximum atomic E-state index is 12.2. The molecule has 1 aliphatic heterocycles. The minimum Gasteiger partial charge on any atom is -0.378 e. The van der Waals surface area contributed by atoms with E-state index < -0.39 is 0 Å². The van der Waals surface area contributed by atoms with Crippen LogP contribution in [0.2, 0.25) is 0 Å². The van der Waals surface area contributed by atoms with Gasteiger partial charge in [-0.1, -0.05) is 6.08 Å². The number of amides is 1. The van der Waals surface area contributed by atoms with Crippen molar-refractivity contribution in [3.8, 4) is 10.6 Å². The van der Waals surface area contributed by atoms with Gasteiger partial charge in [0.1, 0.15) is 0 Å². The Morgan fingerprint density at radius 3 is 3.04 bits per heavy atom. The third-order valence-corrected chi connectivity index (χ3v) is 4.86. The van der Waals surface area contributed by atoms with E-state index >= 15 is 0 Å². The van der Waals surface area contributed by atoms with Gasteiger partial charge in [-0.3, -0.25) is 4.79 Å². The minimum absolute atomic E-state index is 0.0514. The summed E-state index contributed by atoms with van der Waals surface area (Å²) in [6.45, 7) is 1.71. The number of thiophene rings is 1. The van der Waals surface area contributed by atoms with Crippen LogP contribution in [0.1, 0.15) is 22.5 Å². The first-order valence-corrected chi connectivity index (χ1v) is 8.32. The molecular weight excluding hydrogens is 310 g/mol. The van der Waals surface area contributed by atoms with Crippen LogP contribution in [0.5, 0.6) is 0 Å². The molecule has 1 aliphatic rings. The number of nitrogens with two attached hydrogens (primary N) is 1. The van der Waals surface area contributed by atoms with E-state index in [1.807, 2.05) is 12.1 Å². The van der Waals surface area contributed by atoms with Crippen molar-refractivity contribution in [3.05, 3.63) is 41.0 Å². The Morgan fingerprint density at radius 2 is 2.30 bits per heavy atom. The van der Waals surface area contributed by atoms with Crippen LogP contribution in [0.3, 0.4) is 0 Å². The molecule has 0 radical (unpaired) electrons. The van der Waals surface area contributed by atoms with Crippen molar-refractivity contribution in [3.63, 3.8) is 0 Å². The Labute approximate surface area is 139 Å². The molecule has 7 heteroatoms. The average molecular weight is 329 g/mol. The van der Waals surface area contributed by atoms with Crippen molar-refractivity contribution in [2.75, 3.05) is 25.9 Å². The van der Waals surface area contributed by atoms with Gasteiger partial charge in [0.25, 0.3) is 5.91 Å². The molecule has 2 aromatic heterocycles. The molecule has 2 aromatic rings. The second-order valence-corrected chi connectivity index (χ2v) is 6.46. The van der Waals surface area contributed by atoms with Gasteiger partial charge in [-0.15, -0.1) is 11.3 Å². The zero-order valence-corrected chi connectivity index (χ0v) is 13.8. The summed E-state index contributed by atoms with van der Waals surface area (Å²) in [7, 11) is 2.08. The molecule has 3 rings (SSSR count). The van der Waals surface area contributed by atoms with E-state index in [1.165, 1.54) is 17.0 Å². The summed E-state index contributed by atoms with van der Waals surface area (Å²) >= 11 is 1.40. The molecule has 0 saturated heterocycles. The minimum atomic E-state index is -0.0514. The molecule has 6 nitrogen and oxygen atoms in total. The molecular formula is C16H19N5OS. The predicted octanol–water partition coefficient (Wildman–Crippen LogP) is 2.13. The van der Waals surface area contributed by atoms with Crippen LogP contribution in [0.25, 0.3) is 10.6 Å². The number of rotatable bonds is 5. The number of nitrogen functional groups attached to an aromatic ring is 1. The molecule has 0 unspecified atom stereocenters. The molecule has 3 N–H and O–H groups in total. The van der Waals surface area contributed by atoms with E-state index in [4.69, 9.17) is 5.73 Å². The van der Waals surface area contributed by atoms with Gasteiger partial charge in [0.05, 0.1) is 15.4 Å². The van der Waals surface area contributed by atoms with Crippen molar-refractivity contribution in [2.45, 2.75) is 12.8 Å². The lowest BCUT2D eigenvalue weighted by atomic mass is 10.3. The topological polar surface area (TPSA) is 84.1 Å². The van der Waals surface area contributed by atoms with Gasteiger partial charge >= 0.3 is 0 Å². The zero-order chi connectivity index (χ0) is 16.2. The van der Waals surface area contributed by atoms with Gasteiger partial charge in [0, 0.05) is 38.5 Å². The van der Waals surface area contributed by atoms with Crippen molar-refractivity contribution in [1.82, 2.24) is 20.2 Å². The quantitative estimate of drug-likeness (QED) is 0.878. The van der Waals surface area contributed by atoms with Crippen molar-refractivity contribution in [1.29, 1.82) is 0 Å². The standard InChI is InChI=1S/C16H19N5OS/c1-21-10-2-3-11(21)6-8-18-15(22)14-5-4-13(23-14)12-7-9-19-16(17)20-12/h3-5,7,9H,2,6,8,10H2,1H3,(H,18,22)(H2,17,19,20). The van der Waals surface area contributed by atoms with E-state index in [9.17, 15) is 4.79 Å².